The molecule has 3 heterocycles. The Hall–Kier alpha value is -1.06. The van der Waals surface area contributed by atoms with Crippen molar-refractivity contribution in [2.45, 2.75) is 25.4 Å². The van der Waals surface area contributed by atoms with E-state index in [1.165, 1.54) is 12.8 Å². The molecule has 3 nitrogen and oxygen atoms in total. The van der Waals surface area contributed by atoms with Crippen LogP contribution in [-0.2, 0) is 6.54 Å². The SMILES string of the molecule is Clc1cc2cccnc2n1CC1CCCN1. The minimum Gasteiger partial charge on any atom is -0.315 e. The highest BCUT2D eigenvalue weighted by molar-refractivity contribution is 6.30. The first-order valence-corrected chi connectivity index (χ1v) is 6.05. The molecule has 1 aliphatic rings. The Morgan fingerprint density at radius 1 is 1.56 bits per heavy atom. The maximum absolute atomic E-state index is 6.24. The van der Waals surface area contributed by atoms with Crippen molar-refractivity contribution in [1.29, 1.82) is 0 Å². The zero-order valence-electron chi connectivity index (χ0n) is 8.99. The zero-order valence-corrected chi connectivity index (χ0v) is 9.74. The molecule has 1 fully saturated rings. The van der Waals surface area contributed by atoms with Crippen LogP contribution >= 0.6 is 11.6 Å². The summed E-state index contributed by atoms with van der Waals surface area (Å²) >= 11 is 6.24. The van der Waals surface area contributed by atoms with E-state index in [0.29, 0.717) is 6.04 Å². The summed E-state index contributed by atoms with van der Waals surface area (Å²) in [7, 11) is 0. The summed E-state index contributed by atoms with van der Waals surface area (Å²) in [5.41, 5.74) is 0.987. The van der Waals surface area contributed by atoms with Gasteiger partial charge >= 0.3 is 0 Å². The summed E-state index contributed by atoms with van der Waals surface area (Å²) < 4.78 is 2.10. The molecule has 0 radical (unpaired) electrons. The molecule has 1 unspecified atom stereocenters. The van der Waals surface area contributed by atoms with Crippen LogP contribution in [0.25, 0.3) is 11.0 Å². The van der Waals surface area contributed by atoms with E-state index in [1.807, 2.05) is 24.4 Å². The van der Waals surface area contributed by atoms with Gasteiger partial charge in [-0.05, 0) is 37.6 Å². The van der Waals surface area contributed by atoms with Gasteiger partial charge in [-0.2, -0.15) is 0 Å². The monoisotopic (exact) mass is 235 g/mol. The van der Waals surface area contributed by atoms with Crippen molar-refractivity contribution in [2.75, 3.05) is 6.54 Å². The number of aromatic nitrogens is 2. The van der Waals surface area contributed by atoms with Crippen LogP contribution < -0.4 is 5.32 Å². The minimum atomic E-state index is 0.537. The van der Waals surface area contributed by atoms with Crippen molar-refractivity contribution < 1.29 is 0 Å². The second-order valence-corrected chi connectivity index (χ2v) is 4.67. The number of pyridine rings is 1. The second kappa shape index (κ2) is 4.07. The lowest BCUT2D eigenvalue weighted by Crippen LogP contribution is -2.26. The van der Waals surface area contributed by atoms with E-state index in [0.717, 1.165) is 29.3 Å². The van der Waals surface area contributed by atoms with Gasteiger partial charge in [0.15, 0.2) is 0 Å². The van der Waals surface area contributed by atoms with Gasteiger partial charge in [-0.1, -0.05) is 11.6 Å². The van der Waals surface area contributed by atoms with Gasteiger partial charge in [0.2, 0.25) is 0 Å². The van der Waals surface area contributed by atoms with Crippen molar-refractivity contribution in [3.8, 4) is 0 Å². The van der Waals surface area contributed by atoms with Gasteiger partial charge in [0.25, 0.3) is 0 Å². The maximum Gasteiger partial charge on any atom is 0.141 e. The molecule has 0 bridgehead atoms. The smallest absolute Gasteiger partial charge is 0.141 e. The quantitative estimate of drug-likeness (QED) is 0.867. The molecule has 3 rings (SSSR count). The van der Waals surface area contributed by atoms with Gasteiger partial charge < -0.3 is 9.88 Å². The highest BCUT2D eigenvalue weighted by Gasteiger charge is 2.17. The lowest BCUT2D eigenvalue weighted by molar-refractivity contribution is 0.517. The molecule has 0 saturated carbocycles. The van der Waals surface area contributed by atoms with E-state index in [-0.39, 0.29) is 0 Å². The second-order valence-electron chi connectivity index (χ2n) is 4.29. The van der Waals surface area contributed by atoms with Crippen LogP contribution in [0.3, 0.4) is 0 Å². The van der Waals surface area contributed by atoms with Crippen molar-refractivity contribution in [2.24, 2.45) is 0 Å². The molecular weight excluding hydrogens is 222 g/mol. The van der Waals surface area contributed by atoms with Crippen molar-refractivity contribution in [3.63, 3.8) is 0 Å². The first kappa shape index (κ1) is 10.1. The first-order valence-electron chi connectivity index (χ1n) is 5.68. The normalized spacial score (nSPS) is 20.7. The molecule has 4 heteroatoms. The largest absolute Gasteiger partial charge is 0.315 e. The maximum atomic E-state index is 6.24. The fraction of sp³-hybridized carbons (Fsp3) is 0.417. The minimum absolute atomic E-state index is 0.537. The summed E-state index contributed by atoms with van der Waals surface area (Å²) in [6.07, 6.45) is 4.30. The van der Waals surface area contributed by atoms with Crippen LogP contribution in [-0.4, -0.2) is 22.1 Å². The summed E-state index contributed by atoms with van der Waals surface area (Å²) in [4.78, 5) is 4.39. The molecule has 84 valence electrons. The van der Waals surface area contributed by atoms with Crippen molar-refractivity contribution in [1.82, 2.24) is 14.9 Å². The fourth-order valence-electron chi connectivity index (χ4n) is 2.36. The molecule has 2 aromatic rings. The molecule has 16 heavy (non-hydrogen) atoms. The van der Waals surface area contributed by atoms with E-state index >= 15 is 0 Å². The van der Waals surface area contributed by atoms with E-state index in [9.17, 15) is 0 Å². The molecule has 1 aliphatic heterocycles. The standard InChI is InChI=1S/C12H14ClN3/c13-11-7-9-3-1-6-15-12(9)16(11)8-10-4-2-5-14-10/h1,3,6-7,10,14H,2,4-5,8H2. The number of halogens is 1. The molecule has 0 spiro atoms. The summed E-state index contributed by atoms with van der Waals surface area (Å²) in [5, 5.41) is 5.38. The fourth-order valence-corrected chi connectivity index (χ4v) is 2.63. The summed E-state index contributed by atoms with van der Waals surface area (Å²) in [5.74, 6) is 0. The van der Waals surface area contributed by atoms with Crippen LogP contribution in [0.15, 0.2) is 24.4 Å². The average molecular weight is 236 g/mol. The zero-order chi connectivity index (χ0) is 11.0. The number of nitrogens with one attached hydrogen (secondary N) is 1. The molecular formula is C12H14ClN3. The Morgan fingerprint density at radius 2 is 2.50 bits per heavy atom. The van der Waals surface area contributed by atoms with Gasteiger partial charge in [-0.25, -0.2) is 4.98 Å². The third-order valence-corrected chi connectivity index (χ3v) is 3.48. The van der Waals surface area contributed by atoms with Gasteiger partial charge in [0.05, 0.1) is 0 Å². The van der Waals surface area contributed by atoms with Gasteiger partial charge in [-0.3, -0.25) is 0 Å². The Kier molecular flexibility index (Phi) is 2.58. The predicted octanol–water partition coefficient (Wildman–Crippen LogP) is 2.44. The lowest BCUT2D eigenvalue weighted by Gasteiger charge is -2.12. The van der Waals surface area contributed by atoms with E-state index < -0.39 is 0 Å². The van der Waals surface area contributed by atoms with E-state index in [1.54, 1.807) is 0 Å². The number of nitrogens with zero attached hydrogens (tertiary/aromatic N) is 2. The van der Waals surface area contributed by atoms with Gasteiger partial charge in [0, 0.05) is 24.2 Å². The molecule has 1 N–H and O–H groups in total. The number of rotatable bonds is 2. The van der Waals surface area contributed by atoms with Crippen LogP contribution in [0.2, 0.25) is 5.15 Å². The molecule has 0 amide bonds. The van der Waals surface area contributed by atoms with E-state index in [2.05, 4.69) is 14.9 Å². The van der Waals surface area contributed by atoms with E-state index in [4.69, 9.17) is 11.6 Å². The number of hydrogen-bond donors (Lipinski definition) is 1. The average Bonchev–Trinajstić information content (AvgIpc) is 2.89. The topological polar surface area (TPSA) is 29.9 Å². The third-order valence-electron chi connectivity index (χ3n) is 3.17. The van der Waals surface area contributed by atoms with Crippen LogP contribution in [0.5, 0.6) is 0 Å². The van der Waals surface area contributed by atoms with Crippen LogP contribution in [0.1, 0.15) is 12.8 Å². The van der Waals surface area contributed by atoms with Crippen molar-refractivity contribution in [3.05, 3.63) is 29.5 Å². The van der Waals surface area contributed by atoms with Crippen LogP contribution in [0.4, 0.5) is 0 Å². The Bertz CT molecular complexity index is 500. The predicted molar refractivity (Wildman–Crippen MR) is 65.8 cm³/mol. The van der Waals surface area contributed by atoms with Crippen molar-refractivity contribution >= 4 is 22.6 Å². The highest BCUT2D eigenvalue weighted by Crippen LogP contribution is 2.23. The Morgan fingerprint density at radius 3 is 3.31 bits per heavy atom. The Balaban J connectivity index is 1.98. The number of fused-ring (bicyclic) bond motifs is 1. The highest BCUT2D eigenvalue weighted by atomic mass is 35.5. The summed E-state index contributed by atoms with van der Waals surface area (Å²) in [6.45, 7) is 2.04. The van der Waals surface area contributed by atoms with Crippen LogP contribution in [0, 0.1) is 0 Å². The molecule has 0 aromatic carbocycles. The number of hydrogen-bond acceptors (Lipinski definition) is 2. The molecule has 2 aromatic heterocycles. The Labute approximate surface area is 99.4 Å². The summed E-state index contributed by atoms with van der Waals surface area (Å²) in [6, 6.07) is 6.51. The first-order chi connectivity index (χ1) is 7.84. The molecule has 1 atom stereocenters. The third kappa shape index (κ3) is 1.70. The molecule has 1 saturated heterocycles. The van der Waals surface area contributed by atoms with Gasteiger partial charge in [-0.15, -0.1) is 0 Å². The lowest BCUT2D eigenvalue weighted by atomic mass is 10.2. The van der Waals surface area contributed by atoms with Gasteiger partial charge in [0.1, 0.15) is 10.8 Å². The molecule has 0 aliphatic carbocycles.